The molecule has 0 saturated heterocycles. The molecular formula is C15H21NOS. The second-order valence-electron chi connectivity index (χ2n) is 4.68. The van der Waals surface area contributed by atoms with Crippen molar-refractivity contribution < 1.29 is 4.74 Å². The molecule has 1 heterocycles. The first-order valence-electron chi connectivity index (χ1n) is 6.38. The number of ether oxygens (including phenoxy) is 1. The minimum atomic E-state index is 0.698. The number of thiophene rings is 1. The molecule has 1 N–H and O–H groups in total. The van der Waals surface area contributed by atoms with Crippen LogP contribution in [0, 0.1) is 13.8 Å². The fourth-order valence-corrected chi connectivity index (χ4v) is 3.56. The van der Waals surface area contributed by atoms with Gasteiger partial charge in [0, 0.05) is 28.8 Å². The molecule has 98 valence electrons. The molecule has 0 aliphatic rings. The Kier molecular flexibility index (Phi) is 4.38. The summed E-state index contributed by atoms with van der Waals surface area (Å²) in [4.78, 5) is 1.41. The van der Waals surface area contributed by atoms with Crippen molar-refractivity contribution in [2.45, 2.75) is 33.9 Å². The highest BCUT2D eigenvalue weighted by atomic mass is 32.1. The molecule has 0 aliphatic carbocycles. The first kappa shape index (κ1) is 13.5. The van der Waals surface area contributed by atoms with E-state index in [9.17, 15) is 0 Å². The maximum atomic E-state index is 5.37. The van der Waals surface area contributed by atoms with E-state index in [-0.39, 0.29) is 0 Å². The normalized spacial score (nSPS) is 11.3. The Hall–Kier alpha value is -0.900. The van der Waals surface area contributed by atoms with Crippen LogP contribution in [-0.4, -0.2) is 13.7 Å². The van der Waals surface area contributed by atoms with Crippen molar-refractivity contribution in [3.8, 4) is 0 Å². The number of fused-ring (bicyclic) bond motifs is 1. The smallest absolute Gasteiger partial charge is 0.0730 e. The average Bonchev–Trinajstić information content (AvgIpc) is 2.66. The number of aryl methyl sites for hydroxylation is 2. The van der Waals surface area contributed by atoms with E-state index < -0.39 is 0 Å². The summed E-state index contributed by atoms with van der Waals surface area (Å²) in [5.41, 5.74) is 4.05. The predicted molar refractivity (Wildman–Crippen MR) is 79.4 cm³/mol. The van der Waals surface area contributed by atoms with Crippen LogP contribution in [0.2, 0.25) is 0 Å². The molecule has 0 fully saturated rings. The molecule has 3 heteroatoms. The second-order valence-corrected chi connectivity index (χ2v) is 5.78. The highest BCUT2D eigenvalue weighted by Crippen LogP contribution is 2.35. The average molecular weight is 263 g/mol. The van der Waals surface area contributed by atoms with Crippen molar-refractivity contribution in [3.05, 3.63) is 33.7 Å². The lowest BCUT2D eigenvalue weighted by molar-refractivity contribution is 0.185. The molecule has 0 aliphatic heterocycles. The van der Waals surface area contributed by atoms with Crippen LogP contribution in [0.3, 0.4) is 0 Å². The van der Waals surface area contributed by atoms with E-state index >= 15 is 0 Å². The Bertz CT molecular complexity index is 545. The molecule has 2 nitrogen and oxygen atoms in total. The molecule has 0 bridgehead atoms. The number of hydrogen-bond donors (Lipinski definition) is 1. The van der Waals surface area contributed by atoms with Crippen LogP contribution in [-0.2, 0) is 17.9 Å². The van der Waals surface area contributed by atoms with Crippen molar-refractivity contribution in [1.82, 2.24) is 5.32 Å². The van der Waals surface area contributed by atoms with Crippen LogP contribution in [0.1, 0.15) is 28.5 Å². The largest absolute Gasteiger partial charge is 0.380 e. The van der Waals surface area contributed by atoms with Crippen LogP contribution >= 0.6 is 11.3 Å². The van der Waals surface area contributed by atoms with Gasteiger partial charge >= 0.3 is 0 Å². The van der Waals surface area contributed by atoms with E-state index in [0.29, 0.717) is 6.61 Å². The van der Waals surface area contributed by atoms with Gasteiger partial charge in [-0.3, -0.25) is 0 Å². The molecule has 1 aromatic heterocycles. The van der Waals surface area contributed by atoms with Gasteiger partial charge in [-0.15, -0.1) is 11.3 Å². The minimum Gasteiger partial charge on any atom is -0.380 e. The molecule has 0 amide bonds. The predicted octanol–water partition coefficient (Wildman–Crippen LogP) is 3.77. The van der Waals surface area contributed by atoms with Gasteiger partial charge in [-0.2, -0.15) is 0 Å². The molecule has 0 spiro atoms. The Morgan fingerprint density at radius 1 is 1.28 bits per heavy atom. The molecule has 0 atom stereocenters. The van der Waals surface area contributed by atoms with Gasteiger partial charge in [0.05, 0.1) is 6.61 Å². The molecule has 18 heavy (non-hydrogen) atoms. The molecule has 0 unspecified atom stereocenters. The number of hydrogen-bond acceptors (Lipinski definition) is 3. The van der Waals surface area contributed by atoms with Crippen molar-refractivity contribution >= 4 is 21.4 Å². The van der Waals surface area contributed by atoms with E-state index in [4.69, 9.17) is 4.74 Å². The monoisotopic (exact) mass is 263 g/mol. The van der Waals surface area contributed by atoms with Crippen molar-refractivity contribution in [2.24, 2.45) is 0 Å². The minimum absolute atomic E-state index is 0.698. The fourth-order valence-electron chi connectivity index (χ4n) is 2.33. The lowest BCUT2D eigenvalue weighted by atomic mass is 10.1. The second kappa shape index (κ2) is 5.83. The lowest BCUT2D eigenvalue weighted by Gasteiger charge is -2.04. The lowest BCUT2D eigenvalue weighted by Crippen LogP contribution is -2.11. The maximum absolute atomic E-state index is 5.37. The van der Waals surface area contributed by atoms with Gasteiger partial charge in [-0.05, 0) is 31.3 Å². The standard InChI is InChI=1S/C15H21NOS/c1-5-16-8-14-13(9-17-4)12-7-10(2)6-11(3)15(12)18-14/h6-7,16H,5,8-9H2,1-4H3. The molecular weight excluding hydrogens is 242 g/mol. The van der Waals surface area contributed by atoms with Crippen molar-refractivity contribution in [1.29, 1.82) is 0 Å². The van der Waals surface area contributed by atoms with E-state index in [2.05, 4.69) is 38.2 Å². The summed E-state index contributed by atoms with van der Waals surface area (Å²) in [5, 5.41) is 4.78. The molecule has 0 saturated carbocycles. The van der Waals surface area contributed by atoms with Gasteiger partial charge in [0.1, 0.15) is 0 Å². The van der Waals surface area contributed by atoms with Crippen LogP contribution < -0.4 is 5.32 Å². The van der Waals surface area contributed by atoms with E-state index in [1.807, 2.05) is 11.3 Å². The Morgan fingerprint density at radius 2 is 2.06 bits per heavy atom. The summed E-state index contributed by atoms with van der Waals surface area (Å²) < 4.78 is 6.78. The van der Waals surface area contributed by atoms with Gasteiger partial charge in [0.15, 0.2) is 0 Å². The van der Waals surface area contributed by atoms with Gasteiger partial charge < -0.3 is 10.1 Å². The third-order valence-electron chi connectivity index (χ3n) is 3.13. The Morgan fingerprint density at radius 3 is 2.72 bits per heavy atom. The first-order valence-corrected chi connectivity index (χ1v) is 7.20. The van der Waals surface area contributed by atoms with E-state index in [1.54, 1.807) is 7.11 Å². The number of benzene rings is 1. The van der Waals surface area contributed by atoms with Crippen LogP contribution in [0.25, 0.3) is 10.1 Å². The van der Waals surface area contributed by atoms with Gasteiger partial charge in [-0.25, -0.2) is 0 Å². The Balaban J connectivity index is 2.55. The SMILES string of the molecule is CCNCc1sc2c(C)cc(C)cc2c1COC. The third kappa shape index (κ3) is 2.58. The van der Waals surface area contributed by atoms with Gasteiger partial charge in [0.25, 0.3) is 0 Å². The number of methoxy groups -OCH3 is 1. The Labute approximate surface area is 113 Å². The zero-order valence-electron chi connectivity index (χ0n) is 11.6. The number of rotatable bonds is 5. The number of nitrogens with one attached hydrogen (secondary N) is 1. The summed E-state index contributed by atoms with van der Waals surface area (Å²) in [6.07, 6.45) is 0. The van der Waals surface area contributed by atoms with Crippen molar-refractivity contribution in [3.63, 3.8) is 0 Å². The topological polar surface area (TPSA) is 21.3 Å². The first-order chi connectivity index (χ1) is 8.67. The maximum Gasteiger partial charge on any atom is 0.0730 e. The molecule has 1 aromatic carbocycles. The van der Waals surface area contributed by atoms with Gasteiger partial charge in [0.2, 0.25) is 0 Å². The summed E-state index contributed by atoms with van der Waals surface area (Å²) in [6.45, 7) is 9.12. The zero-order chi connectivity index (χ0) is 13.1. The summed E-state index contributed by atoms with van der Waals surface area (Å²) >= 11 is 1.90. The van der Waals surface area contributed by atoms with E-state index in [0.717, 1.165) is 13.1 Å². The third-order valence-corrected chi connectivity index (χ3v) is 4.51. The molecule has 2 rings (SSSR count). The van der Waals surface area contributed by atoms with Crippen LogP contribution in [0.15, 0.2) is 12.1 Å². The van der Waals surface area contributed by atoms with Crippen LogP contribution in [0.4, 0.5) is 0 Å². The zero-order valence-corrected chi connectivity index (χ0v) is 12.4. The van der Waals surface area contributed by atoms with Crippen LogP contribution in [0.5, 0.6) is 0 Å². The quantitative estimate of drug-likeness (QED) is 0.886. The molecule has 0 radical (unpaired) electrons. The van der Waals surface area contributed by atoms with Crippen molar-refractivity contribution in [2.75, 3.05) is 13.7 Å². The highest BCUT2D eigenvalue weighted by Gasteiger charge is 2.13. The summed E-state index contributed by atoms with van der Waals surface area (Å²) in [6, 6.07) is 4.54. The van der Waals surface area contributed by atoms with E-state index in [1.165, 1.54) is 31.7 Å². The summed E-state index contributed by atoms with van der Waals surface area (Å²) in [7, 11) is 1.77. The highest BCUT2D eigenvalue weighted by molar-refractivity contribution is 7.19. The fraction of sp³-hybridized carbons (Fsp3) is 0.467. The molecule has 2 aromatic rings. The van der Waals surface area contributed by atoms with Gasteiger partial charge in [-0.1, -0.05) is 24.6 Å². The summed E-state index contributed by atoms with van der Waals surface area (Å²) in [5.74, 6) is 0.